The Morgan fingerprint density at radius 1 is 1.07 bits per heavy atom. The predicted molar refractivity (Wildman–Crippen MR) is 58.5 cm³/mol. The molecule has 0 saturated heterocycles. The maximum absolute atomic E-state index is 2.28. The van der Waals surface area contributed by atoms with E-state index in [0.29, 0.717) is 5.41 Å². The molecule has 0 heterocycles. The maximum Gasteiger partial charge on any atom is 1.00 e. The van der Waals surface area contributed by atoms with Gasteiger partial charge in [0.1, 0.15) is 0 Å². The Morgan fingerprint density at radius 3 is 2.00 bits per heavy atom. The summed E-state index contributed by atoms with van der Waals surface area (Å²) in [5.74, 6) is 1.48. The van der Waals surface area contributed by atoms with Crippen LogP contribution in [0.5, 0.6) is 0 Å². The second-order valence-electron chi connectivity index (χ2n) is 4.88. The molecule has 0 nitrogen and oxygen atoms in total. The van der Waals surface area contributed by atoms with Gasteiger partial charge in [0.2, 0.25) is 0 Å². The van der Waals surface area contributed by atoms with Crippen molar-refractivity contribution in [1.29, 1.82) is 0 Å². The van der Waals surface area contributed by atoms with Crippen molar-refractivity contribution in [2.24, 2.45) is 5.41 Å². The van der Waals surface area contributed by atoms with Crippen molar-refractivity contribution in [3.63, 3.8) is 0 Å². The van der Waals surface area contributed by atoms with E-state index in [1.807, 2.05) is 0 Å². The summed E-state index contributed by atoms with van der Waals surface area (Å²) in [6.07, 6.45) is 1.16. The SMILES string of the molecule is C[C-](CC(C)(C)C)c1ccccc1.[Li+]. The van der Waals surface area contributed by atoms with Gasteiger partial charge in [-0.1, -0.05) is 40.2 Å². The molecule has 72 valence electrons. The van der Waals surface area contributed by atoms with E-state index in [4.69, 9.17) is 0 Å². The molecule has 0 saturated carbocycles. The van der Waals surface area contributed by atoms with E-state index in [9.17, 15) is 0 Å². The summed E-state index contributed by atoms with van der Waals surface area (Å²) in [7, 11) is 0. The number of hydrogen-bond donors (Lipinski definition) is 0. The molecule has 0 N–H and O–H groups in total. The Balaban J connectivity index is 0.00000169. The molecule has 0 spiro atoms. The minimum absolute atomic E-state index is 0. The van der Waals surface area contributed by atoms with Crippen LogP contribution in [0.4, 0.5) is 0 Å². The summed E-state index contributed by atoms with van der Waals surface area (Å²) < 4.78 is 0. The Bertz CT molecular complexity index is 246. The summed E-state index contributed by atoms with van der Waals surface area (Å²) in [6, 6.07) is 10.6. The van der Waals surface area contributed by atoms with E-state index in [2.05, 4.69) is 58.0 Å². The van der Waals surface area contributed by atoms with Crippen LogP contribution in [0, 0.1) is 11.3 Å². The van der Waals surface area contributed by atoms with E-state index in [1.54, 1.807) is 0 Å². The maximum atomic E-state index is 2.28. The van der Waals surface area contributed by atoms with Gasteiger partial charge in [0, 0.05) is 0 Å². The normalized spacial score (nSPS) is 10.6. The number of benzene rings is 1. The Morgan fingerprint density at radius 2 is 1.57 bits per heavy atom. The standard InChI is InChI=1S/C13H19.Li/c1-11(10-13(2,3)4)12-8-6-5-7-9-12;/h5-9H,10H2,1-4H3;/q-1;+1. The molecule has 1 heteroatoms. The molecule has 1 rings (SSSR count). The molecule has 0 fully saturated rings. The van der Waals surface area contributed by atoms with E-state index < -0.39 is 0 Å². The van der Waals surface area contributed by atoms with Gasteiger partial charge in [0.05, 0.1) is 0 Å². The molecule has 0 atom stereocenters. The summed E-state index contributed by atoms with van der Waals surface area (Å²) >= 11 is 0. The topological polar surface area (TPSA) is 0 Å². The first-order chi connectivity index (χ1) is 5.99. The zero-order valence-corrected chi connectivity index (χ0v) is 10.1. The zero-order chi connectivity index (χ0) is 9.90. The molecule has 14 heavy (non-hydrogen) atoms. The van der Waals surface area contributed by atoms with Crippen molar-refractivity contribution >= 4 is 0 Å². The van der Waals surface area contributed by atoms with Crippen molar-refractivity contribution < 1.29 is 18.9 Å². The van der Waals surface area contributed by atoms with Gasteiger partial charge in [-0.05, 0) is 5.41 Å². The third-order valence-electron chi connectivity index (χ3n) is 2.06. The van der Waals surface area contributed by atoms with Crippen molar-refractivity contribution in [1.82, 2.24) is 0 Å². The van der Waals surface area contributed by atoms with Crippen LogP contribution >= 0.6 is 0 Å². The van der Waals surface area contributed by atoms with Crippen LogP contribution in [0.3, 0.4) is 0 Å². The van der Waals surface area contributed by atoms with E-state index in [0.717, 1.165) is 6.42 Å². The minimum Gasteiger partial charge on any atom is -0.189 e. The second-order valence-corrected chi connectivity index (χ2v) is 4.88. The van der Waals surface area contributed by atoms with Crippen LogP contribution in [0.25, 0.3) is 0 Å². The molecule has 0 aliphatic heterocycles. The van der Waals surface area contributed by atoms with E-state index in [1.165, 1.54) is 11.5 Å². The molecule has 0 aliphatic rings. The van der Waals surface area contributed by atoms with Gasteiger partial charge in [-0.25, -0.2) is 0 Å². The van der Waals surface area contributed by atoms with Gasteiger partial charge >= 0.3 is 18.9 Å². The molecule has 0 radical (unpaired) electrons. The van der Waals surface area contributed by atoms with Crippen molar-refractivity contribution in [3.8, 4) is 0 Å². The molecular weight excluding hydrogens is 163 g/mol. The second kappa shape index (κ2) is 5.54. The molecule has 0 aromatic heterocycles. The van der Waals surface area contributed by atoms with Gasteiger partial charge < -0.3 is 0 Å². The van der Waals surface area contributed by atoms with Crippen LogP contribution in [-0.4, -0.2) is 0 Å². The number of hydrogen-bond acceptors (Lipinski definition) is 0. The third-order valence-corrected chi connectivity index (χ3v) is 2.06. The van der Waals surface area contributed by atoms with Crippen LogP contribution in [0.1, 0.15) is 39.7 Å². The quantitative estimate of drug-likeness (QED) is 0.474. The summed E-state index contributed by atoms with van der Waals surface area (Å²) in [5.41, 5.74) is 1.76. The van der Waals surface area contributed by atoms with Crippen molar-refractivity contribution in [3.05, 3.63) is 41.8 Å². The van der Waals surface area contributed by atoms with Crippen molar-refractivity contribution in [2.75, 3.05) is 0 Å². The van der Waals surface area contributed by atoms with Gasteiger partial charge in [0.15, 0.2) is 0 Å². The Kier molecular flexibility index (Phi) is 5.42. The smallest absolute Gasteiger partial charge is 0.189 e. The molecule has 1 aromatic carbocycles. The first kappa shape index (κ1) is 13.7. The van der Waals surface area contributed by atoms with Crippen molar-refractivity contribution in [2.45, 2.75) is 34.1 Å². The first-order valence-corrected chi connectivity index (χ1v) is 4.87. The van der Waals surface area contributed by atoms with E-state index in [-0.39, 0.29) is 18.9 Å². The molecular formula is C13H19Li. The fraction of sp³-hybridized carbons (Fsp3) is 0.462. The molecule has 0 amide bonds. The monoisotopic (exact) mass is 182 g/mol. The fourth-order valence-electron chi connectivity index (χ4n) is 1.62. The summed E-state index contributed by atoms with van der Waals surface area (Å²) in [6.45, 7) is 9.05. The van der Waals surface area contributed by atoms with Crippen LogP contribution < -0.4 is 18.9 Å². The molecule has 0 aliphatic carbocycles. The van der Waals surface area contributed by atoms with Crippen LogP contribution in [-0.2, 0) is 0 Å². The average molecular weight is 182 g/mol. The summed E-state index contributed by atoms with van der Waals surface area (Å²) in [5, 5.41) is 0. The Hall–Kier alpha value is -0.313. The average Bonchev–Trinajstić information content (AvgIpc) is 2.03. The number of rotatable bonds is 2. The largest absolute Gasteiger partial charge is 1.00 e. The van der Waals surface area contributed by atoms with E-state index >= 15 is 0 Å². The molecule has 0 bridgehead atoms. The zero-order valence-electron chi connectivity index (χ0n) is 10.1. The van der Waals surface area contributed by atoms with Crippen LogP contribution in [0.2, 0.25) is 0 Å². The van der Waals surface area contributed by atoms with Gasteiger partial charge in [-0.15, -0.1) is 12.1 Å². The van der Waals surface area contributed by atoms with Gasteiger partial charge in [-0.3, -0.25) is 0 Å². The Labute approximate surface area is 100 Å². The fourth-order valence-corrected chi connectivity index (χ4v) is 1.62. The minimum atomic E-state index is 0. The first-order valence-electron chi connectivity index (χ1n) is 4.87. The van der Waals surface area contributed by atoms with Gasteiger partial charge in [-0.2, -0.15) is 23.6 Å². The summed E-state index contributed by atoms with van der Waals surface area (Å²) in [4.78, 5) is 0. The van der Waals surface area contributed by atoms with Gasteiger partial charge in [0.25, 0.3) is 0 Å². The van der Waals surface area contributed by atoms with Crippen LogP contribution in [0.15, 0.2) is 30.3 Å². The third kappa shape index (κ3) is 4.79. The predicted octanol–water partition coefficient (Wildman–Crippen LogP) is 1.07. The molecule has 1 aromatic rings. The molecule has 0 unspecified atom stereocenters.